The van der Waals surface area contributed by atoms with Crippen LogP contribution in [0, 0.1) is 0 Å². The summed E-state index contributed by atoms with van der Waals surface area (Å²) in [6.45, 7) is 2.26. The summed E-state index contributed by atoms with van der Waals surface area (Å²) in [6, 6.07) is 13.1. The van der Waals surface area contributed by atoms with E-state index in [4.69, 9.17) is 4.74 Å². The van der Waals surface area contributed by atoms with Crippen molar-refractivity contribution in [2.45, 2.75) is 96.8 Å². The van der Waals surface area contributed by atoms with Crippen molar-refractivity contribution in [2.75, 3.05) is 0 Å². The number of carbonyl (C=O) groups excluding carboxylic acids is 2. The number of benzene rings is 2. The predicted octanol–water partition coefficient (Wildman–Crippen LogP) is 5.68. The maximum absolute atomic E-state index is 12.4. The number of ether oxygens (including phenoxy) is 1. The van der Waals surface area contributed by atoms with Crippen molar-refractivity contribution >= 4 is 22.7 Å². The van der Waals surface area contributed by atoms with Crippen LogP contribution in [0.15, 0.2) is 54.6 Å². The van der Waals surface area contributed by atoms with Crippen molar-refractivity contribution in [2.24, 2.45) is 0 Å². The molecule has 4 heteroatoms. The van der Waals surface area contributed by atoms with Crippen molar-refractivity contribution < 1.29 is 45.3 Å². The average molecular weight is 461 g/mol. The van der Waals surface area contributed by atoms with Crippen molar-refractivity contribution in [1.29, 1.82) is 0 Å². The van der Waals surface area contributed by atoms with Gasteiger partial charge in [0.15, 0.2) is 0 Å². The van der Waals surface area contributed by atoms with Crippen LogP contribution in [-0.2, 0) is 9.53 Å². The molecule has 0 heterocycles. The SMILES string of the molecule is CCCCCCCC/C=C\CCCCCCCC(=O)OC(=O)c1cccc2ccccc12.[H-].[Na+]. The maximum Gasteiger partial charge on any atom is 1.00 e. The number of unbranched alkanes of at least 4 members (excludes halogenated alkanes) is 11. The van der Waals surface area contributed by atoms with Gasteiger partial charge in [-0.15, -0.1) is 0 Å². The first-order valence-electron chi connectivity index (χ1n) is 12.6. The van der Waals surface area contributed by atoms with Gasteiger partial charge in [0.25, 0.3) is 0 Å². The zero-order chi connectivity index (χ0) is 22.9. The quantitative estimate of drug-likeness (QED) is 0.106. The molecule has 0 aliphatic heterocycles. The average Bonchev–Trinajstić information content (AvgIpc) is 2.81. The third kappa shape index (κ3) is 12.6. The van der Waals surface area contributed by atoms with E-state index in [1.165, 1.54) is 57.8 Å². The first kappa shape index (κ1) is 29.6. The summed E-state index contributed by atoms with van der Waals surface area (Å²) in [6.07, 6.45) is 20.7. The van der Waals surface area contributed by atoms with Gasteiger partial charge in [-0.2, -0.15) is 0 Å². The molecule has 0 amide bonds. The van der Waals surface area contributed by atoms with Gasteiger partial charge in [0.2, 0.25) is 0 Å². The van der Waals surface area contributed by atoms with Crippen LogP contribution in [0.3, 0.4) is 0 Å². The second-order valence-electron chi connectivity index (χ2n) is 8.62. The first-order chi connectivity index (χ1) is 15.7. The Morgan fingerprint density at radius 3 is 2.03 bits per heavy atom. The van der Waals surface area contributed by atoms with E-state index < -0.39 is 11.9 Å². The van der Waals surface area contributed by atoms with Gasteiger partial charge in [-0.05, 0) is 48.9 Å². The van der Waals surface area contributed by atoms with Crippen LogP contribution in [0.5, 0.6) is 0 Å². The van der Waals surface area contributed by atoms with Crippen LogP contribution in [0.4, 0.5) is 0 Å². The van der Waals surface area contributed by atoms with Gasteiger partial charge in [0.1, 0.15) is 0 Å². The molecule has 2 aromatic rings. The zero-order valence-electron chi connectivity index (χ0n) is 21.8. The number of hydrogen-bond acceptors (Lipinski definition) is 3. The molecule has 0 bridgehead atoms. The number of allylic oxidation sites excluding steroid dienone is 2. The van der Waals surface area contributed by atoms with Crippen LogP contribution in [0.1, 0.15) is 109 Å². The van der Waals surface area contributed by atoms with Gasteiger partial charge in [-0.1, -0.05) is 107 Å². The molecule has 2 rings (SSSR count). The molecule has 0 fully saturated rings. The smallest absolute Gasteiger partial charge is 1.00 e. The van der Waals surface area contributed by atoms with Gasteiger partial charge >= 0.3 is 41.5 Å². The van der Waals surface area contributed by atoms with Gasteiger partial charge in [0, 0.05) is 6.42 Å². The van der Waals surface area contributed by atoms with Crippen LogP contribution in [0.25, 0.3) is 10.8 Å². The van der Waals surface area contributed by atoms with Gasteiger partial charge in [-0.25, -0.2) is 4.79 Å². The molecule has 3 nitrogen and oxygen atoms in total. The standard InChI is InChI=1S/C29H40O3.Na.H/c1-2-3-4-5-6-7-8-9-10-11-12-13-14-15-16-24-28(30)32-29(31)27-23-19-21-25-20-17-18-22-26(25)27;;/h9-10,17-23H,2-8,11-16,24H2,1H3;;/q;+1;-1/b10-9-;;. The molecule has 0 spiro atoms. The van der Waals surface area contributed by atoms with Gasteiger partial charge in [-0.3, -0.25) is 4.79 Å². The Morgan fingerprint density at radius 1 is 0.758 bits per heavy atom. The number of rotatable bonds is 16. The molecule has 176 valence electrons. The summed E-state index contributed by atoms with van der Waals surface area (Å²) in [5, 5.41) is 1.78. The van der Waals surface area contributed by atoms with E-state index in [-0.39, 0.29) is 31.0 Å². The molecule has 2 aromatic carbocycles. The summed E-state index contributed by atoms with van der Waals surface area (Å²) < 4.78 is 5.08. The topological polar surface area (TPSA) is 43.4 Å². The summed E-state index contributed by atoms with van der Waals surface area (Å²) >= 11 is 0. The molecule has 0 N–H and O–H groups in total. The van der Waals surface area contributed by atoms with Crippen LogP contribution in [0.2, 0.25) is 0 Å². The van der Waals surface area contributed by atoms with Crippen LogP contribution >= 0.6 is 0 Å². The Kier molecular flexibility index (Phi) is 17.0. The fourth-order valence-electron chi connectivity index (χ4n) is 3.95. The molecule has 0 radical (unpaired) electrons. The van der Waals surface area contributed by atoms with E-state index in [2.05, 4.69) is 19.1 Å². The normalized spacial score (nSPS) is 10.9. The summed E-state index contributed by atoms with van der Waals surface area (Å²) in [5.41, 5.74) is 0.445. The second kappa shape index (κ2) is 18.9. The molecular formula is C29H41NaO3. The van der Waals surface area contributed by atoms with Gasteiger partial charge < -0.3 is 6.16 Å². The number of esters is 2. The van der Waals surface area contributed by atoms with Crippen molar-refractivity contribution in [3.63, 3.8) is 0 Å². The van der Waals surface area contributed by atoms with E-state index in [1.54, 1.807) is 6.07 Å². The molecule has 0 aliphatic rings. The Balaban J connectivity index is 0.00000544. The third-order valence-electron chi connectivity index (χ3n) is 5.86. The summed E-state index contributed by atoms with van der Waals surface area (Å²) in [7, 11) is 0. The fourth-order valence-corrected chi connectivity index (χ4v) is 3.95. The molecule has 0 saturated carbocycles. The molecule has 0 aliphatic carbocycles. The Labute approximate surface area is 224 Å². The van der Waals surface area contributed by atoms with E-state index in [0.29, 0.717) is 12.0 Å². The van der Waals surface area contributed by atoms with E-state index in [0.717, 1.165) is 36.5 Å². The third-order valence-corrected chi connectivity index (χ3v) is 5.86. The van der Waals surface area contributed by atoms with E-state index >= 15 is 0 Å². The minimum absolute atomic E-state index is 0. The van der Waals surface area contributed by atoms with Crippen molar-refractivity contribution in [1.82, 2.24) is 0 Å². The number of hydrogen-bond donors (Lipinski definition) is 0. The largest absolute Gasteiger partial charge is 1.00 e. The van der Waals surface area contributed by atoms with Crippen LogP contribution in [-0.4, -0.2) is 11.9 Å². The van der Waals surface area contributed by atoms with E-state index in [9.17, 15) is 9.59 Å². The molecule has 0 atom stereocenters. The molecule has 0 unspecified atom stereocenters. The van der Waals surface area contributed by atoms with E-state index in [1.807, 2.05) is 36.4 Å². The second-order valence-corrected chi connectivity index (χ2v) is 8.62. The first-order valence-corrected chi connectivity index (χ1v) is 12.6. The minimum atomic E-state index is -0.556. The Morgan fingerprint density at radius 2 is 1.33 bits per heavy atom. The maximum atomic E-state index is 12.4. The number of carbonyl (C=O) groups is 2. The molecule has 0 saturated heterocycles. The number of fused-ring (bicyclic) bond motifs is 1. The monoisotopic (exact) mass is 460 g/mol. The van der Waals surface area contributed by atoms with Crippen LogP contribution < -0.4 is 29.6 Å². The fraction of sp³-hybridized carbons (Fsp3) is 0.517. The summed E-state index contributed by atoms with van der Waals surface area (Å²) in [4.78, 5) is 24.4. The Hall–Kier alpha value is -1.42. The summed E-state index contributed by atoms with van der Waals surface area (Å²) in [5.74, 6) is -0.986. The van der Waals surface area contributed by atoms with Crippen molar-refractivity contribution in [3.8, 4) is 0 Å². The Bertz CT molecular complexity index is 845. The molecular weight excluding hydrogens is 419 g/mol. The predicted molar refractivity (Wildman–Crippen MR) is 135 cm³/mol. The molecule has 0 aromatic heterocycles. The van der Waals surface area contributed by atoms with Crippen molar-refractivity contribution in [3.05, 3.63) is 60.2 Å². The molecule has 33 heavy (non-hydrogen) atoms. The van der Waals surface area contributed by atoms with Gasteiger partial charge in [0.05, 0.1) is 5.56 Å². The minimum Gasteiger partial charge on any atom is -1.00 e. The zero-order valence-corrected chi connectivity index (χ0v) is 22.8.